The number of carbonyl (C=O) groups is 1. The first-order chi connectivity index (χ1) is 5.59. The lowest BCUT2D eigenvalue weighted by Crippen LogP contribution is -2.25. The van der Waals surface area contributed by atoms with Crippen LogP contribution in [-0.2, 0) is 4.79 Å². The van der Waals surface area contributed by atoms with Crippen molar-refractivity contribution < 1.29 is 9.90 Å². The van der Waals surface area contributed by atoms with Crippen LogP contribution in [0.3, 0.4) is 0 Å². The average Bonchev–Trinajstić information content (AvgIpc) is 2.03. The van der Waals surface area contributed by atoms with Crippen LogP contribution in [-0.4, -0.2) is 17.0 Å². The van der Waals surface area contributed by atoms with E-state index in [4.69, 9.17) is 0 Å². The molecule has 2 nitrogen and oxygen atoms in total. The first-order valence-electron chi connectivity index (χ1n) is 4.78. The van der Waals surface area contributed by atoms with Crippen molar-refractivity contribution in [2.75, 3.05) is 0 Å². The maximum absolute atomic E-state index is 10.8. The Morgan fingerprint density at radius 2 is 2.00 bits per heavy atom. The van der Waals surface area contributed by atoms with Crippen molar-refractivity contribution in [2.45, 2.75) is 52.6 Å². The molecule has 0 aromatic heterocycles. The topological polar surface area (TPSA) is 37.3 Å². The van der Waals surface area contributed by atoms with E-state index in [1.807, 2.05) is 6.92 Å². The van der Waals surface area contributed by atoms with Gasteiger partial charge in [0, 0.05) is 0 Å². The molecule has 0 saturated heterocycles. The number of aliphatic hydroxyl groups excluding tert-OH is 1. The van der Waals surface area contributed by atoms with Gasteiger partial charge in [0.15, 0.2) is 5.78 Å². The largest absolute Gasteiger partial charge is 0.385 e. The molecule has 0 aromatic rings. The molecule has 0 radical (unpaired) electrons. The normalized spacial score (nSPS) is 15.7. The van der Waals surface area contributed by atoms with E-state index in [2.05, 4.69) is 6.92 Å². The van der Waals surface area contributed by atoms with Crippen LogP contribution in [0.1, 0.15) is 46.5 Å². The highest BCUT2D eigenvalue weighted by molar-refractivity contribution is 5.80. The molecule has 72 valence electrons. The van der Waals surface area contributed by atoms with E-state index in [1.165, 1.54) is 19.8 Å². The third-order valence-corrected chi connectivity index (χ3v) is 2.22. The monoisotopic (exact) mass is 172 g/mol. The van der Waals surface area contributed by atoms with Crippen LogP contribution >= 0.6 is 0 Å². The van der Waals surface area contributed by atoms with E-state index in [9.17, 15) is 9.90 Å². The van der Waals surface area contributed by atoms with Gasteiger partial charge in [-0.15, -0.1) is 0 Å². The first kappa shape index (κ1) is 11.6. The second kappa shape index (κ2) is 6.18. The van der Waals surface area contributed by atoms with Crippen molar-refractivity contribution in [3.63, 3.8) is 0 Å². The van der Waals surface area contributed by atoms with Crippen LogP contribution < -0.4 is 0 Å². The fraction of sp³-hybridized carbons (Fsp3) is 0.900. The van der Waals surface area contributed by atoms with Gasteiger partial charge in [0.25, 0.3) is 0 Å². The minimum absolute atomic E-state index is 0.112. The molecular weight excluding hydrogens is 152 g/mol. The molecule has 2 heteroatoms. The summed E-state index contributed by atoms with van der Waals surface area (Å²) in [6, 6.07) is 0. The summed E-state index contributed by atoms with van der Waals surface area (Å²) in [5, 5.41) is 9.34. The van der Waals surface area contributed by atoms with Crippen molar-refractivity contribution in [3.05, 3.63) is 0 Å². The molecule has 12 heavy (non-hydrogen) atoms. The third-order valence-electron chi connectivity index (χ3n) is 2.22. The number of carbonyl (C=O) groups excluding carboxylic acids is 1. The Kier molecular flexibility index (Phi) is 5.99. The van der Waals surface area contributed by atoms with E-state index in [1.54, 1.807) is 0 Å². The van der Waals surface area contributed by atoms with Crippen molar-refractivity contribution in [1.29, 1.82) is 0 Å². The van der Waals surface area contributed by atoms with Crippen LogP contribution in [0.2, 0.25) is 0 Å². The molecule has 0 aliphatic heterocycles. The summed E-state index contributed by atoms with van der Waals surface area (Å²) in [5.41, 5.74) is 0. The lowest BCUT2D eigenvalue weighted by molar-refractivity contribution is -0.127. The summed E-state index contributed by atoms with van der Waals surface area (Å²) in [5.74, 6) is 0.00745. The Morgan fingerprint density at radius 3 is 2.42 bits per heavy atom. The standard InChI is InChI=1S/C10H20O2/c1-4-5-6-7-8(2)10(12)9(3)11/h8,10,12H,4-7H2,1-3H3. The number of ketones is 1. The third kappa shape index (κ3) is 4.50. The predicted molar refractivity (Wildman–Crippen MR) is 50.0 cm³/mol. The second-order valence-electron chi connectivity index (χ2n) is 3.53. The zero-order chi connectivity index (χ0) is 9.56. The molecule has 0 amide bonds. The quantitative estimate of drug-likeness (QED) is 0.623. The number of hydrogen-bond donors (Lipinski definition) is 1. The van der Waals surface area contributed by atoms with Crippen molar-refractivity contribution in [2.24, 2.45) is 5.92 Å². The molecule has 0 aliphatic carbocycles. The van der Waals surface area contributed by atoms with Gasteiger partial charge in [-0.25, -0.2) is 0 Å². The van der Waals surface area contributed by atoms with Gasteiger partial charge in [-0.1, -0.05) is 33.1 Å². The molecule has 2 atom stereocenters. The minimum atomic E-state index is -0.748. The minimum Gasteiger partial charge on any atom is -0.385 e. The second-order valence-corrected chi connectivity index (χ2v) is 3.53. The van der Waals surface area contributed by atoms with Crippen molar-refractivity contribution in [3.8, 4) is 0 Å². The number of Topliss-reactive ketones (excluding diaryl/α,β-unsaturated/α-hetero) is 1. The van der Waals surface area contributed by atoms with E-state index in [0.717, 1.165) is 12.8 Å². The molecule has 0 aromatic carbocycles. The molecule has 0 spiro atoms. The average molecular weight is 172 g/mol. The fourth-order valence-corrected chi connectivity index (χ4v) is 1.27. The number of rotatable bonds is 6. The summed E-state index contributed by atoms with van der Waals surface area (Å²) >= 11 is 0. The molecule has 0 bridgehead atoms. The Balaban J connectivity index is 3.56. The summed E-state index contributed by atoms with van der Waals surface area (Å²) in [6.07, 6.45) is 3.69. The predicted octanol–water partition coefficient (Wildman–Crippen LogP) is 2.15. The zero-order valence-electron chi connectivity index (χ0n) is 8.34. The molecule has 0 rings (SSSR count). The maximum atomic E-state index is 10.8. The molecule has 0 heterocycles. The highest BCUT2D eigenvalue weighted by Crippen LogP contribution is 2.13. The Morgan fingerprint density at radius 1 is 1.42 bits per heavy atom. The number of aliphatic hydroxyl groups is 1. The maximum Gasteiger partial charge on any atom is 0.158 e. The van der Waals surface area contributed by atoms with Crippen molar-refractivity contribution >= 4 is 5.78 Å². The Bertz CT molecular complexity index is 132. The lowest BCUT2D eigenvalue weighted by atomic mass is 9.95. The summed E-state index contributed by atoms with van der Waals surface area (Å²) in [7, 11) is 0. The van der Waals surface area contributed by atoms with E-state index >= 15 is 0 Å². The van der Waals surface area contributed by atoms with E-state index in [-0.39, 0.29) is 11.7 Å². The van der Waals surface area contributed by atoms with Gasteiger partial charge in [-0.05, 0) is 19.3 Å². The first-order valence-corrected chi connectivity index (χ1v) is 4.78. The van der Waals surface area contributed by atoms with Gasteiger partial charge in [0.05, 0.1) is 0 Å². The van der Waals surface area contributed by atoms with Gasteiger partial charge in [0.2, 0.25) is 0 Å². The number of unbranched alkanes of at least 4 members (excludes halogenated alkanes) is 2. The molecule has 0 aliphatic rings. The Hall–Kier alpha value is -0.370. The van der Waals surface area contributed by atoms with Gasteiger partial charge >= 0.3 is 0 Å². The van der Waals surface area contributed by atoms with Crippen LogP contribution in [0.15, 0.2) is 0 Å². The van der Waals surface area contributed by atoms with Gasteiger partial charge in [0.1, 0.15) is 6.10 Å². The van der Waals surface area contributed by atoms with Crippen LogP contribution in [0.4, 0.5) is 0 Å². The highest BCUT2D eigenvalue weighted by Gasteiger charge is 2.17. The fourth-order valence-electron chi connectivity index (χ4n) is 1.27. The van der Waals surface area contributed by atoms with Crippen LogP contribution in [0.5, 0.6) is 0 Å². The van der Waals surface area contributed by atoms with E-state index in [0.29, 0.717) is 0 Å². The summed E-state index contributed by atoms with van der Waals surface area (Å²) < 4.78 is 0. The van der Waals surface area contributed by atoms with Crippen molar-refractivity contribution in [1.82, 2.24) is 0 Å². The molecule has 0 fully saturated rings. The SMILES string of the molecule is CCCCCC(C)C(O)C(C)=O. The molecule has 1 N–H and O–H groups in total. The van der Waals surface area contributed by atoms with Crippen LogP contribution in [0, 0.1) is 5.92 Å². The molecule has 0 saturated carbocycles. The lowest BCUT2D eigenvalue weighted by Gasteiger charge is -2.15. The summed E-state index contributed by atoms with van der Waals surface area (Å²) in [6.45, 7) is 5.52. The molecule has 2 unspecified atom stereocenters. The van der Waals surface area contributed by atoms with Crippen LogP contribution in [0.25, 0.3) is 0 Å². The number of hydrogen-bond acceptors (Lipinski definition) is 2. The Labute approximate surface area is 75.0 Å². The van der Waals surface area contributed by atoms with E-state index < -0.39 is 6.10 Å². The van der Waals surface area contributed by atoms with Gasteiger partial charge in [-0.3, -0.25) is 4.79 Å². The smallest absolute Gasteiger partial charge is 0.158 e. The van der Waals surface area contributed by atoms with Gasteiger partial charge < -0.3 is 5.11 Å². The summed E-state index contributed by atoms with van der Waals surface area (Å²) in [4.78, 5) is 10.8. The highest BCUT2D eigenvalue weighted by atomic mass is 16.3. The molecular formula is C10H20O2. The zero-order valence-corrected chi connectivity index (χ0v) is 8.34. The van der Waals surface area contributed by atoms with Gasteiger partial charge in [-0.2, -0.15) is 0 Å².